The first kappa shape index (κ1) is 18.6. The Balaban J connectivity index is 1.82. The van der Waals surface area contributed by atoms with Gasteiger partial charge in [0, 0.05) is 37.3 Å². The Kier molecular flexibility index (Phi) is 5.20. The third-order valence-electron chi connectivity index (χ3n) is 4.69. The van der Waals surface area contributed by atoms with E-state index in [1.54, 1.807) is 18.9 Å². The minimum Gasteiger partial charge on any atom is -0.337 e. The first-order chi connectivity index (χ1) is 12.9. The van der Waals surface area contributed by atoms with Gasteiger partial charge in [-0.15, -0.1) is 0 Å². The van der Waals surface area contributed by atoms with Crippen molar-refractivity contribution >= 4 is 23.2 Å². The van der Waals surface area contributed by atoms with E-state index >= 15 is 0 Å². The standard InChI is InChI=1S/C18H21N5O4/c1-12-10-13(6-7-15(12)23(26)27)17(24)20-14-11-19-21(2)16(14)18(25)22-8-4-3-5-9-22/h6-7,10-11H,3-5,8-9H2,1-2H3,(H,20,24). The van der Waals surface area contributed by atoms with Gasteiger partial charge in [-0.1, -0.05) is 0 Å². The van der Waals surface area contributed by atoms with Gasteiger partial charge in [0.05, 0.1) is 16.8 Å². The third kappa shape index (κ3) is 3.81. The van der Waals surface area contributed by atoms with Crippen LogP contribution in [0.25, 0.3) is 0 Å². The molecule has 0 bridgehead atoms. The van der Waals surface area contributed by atoms with Crippen LogP contribution in [0.3, 0.4) is 0 Å². The Labute approximate surface area is 156 Å². The van der Waals surface area contributed by atoms with E-state index in [1.807, 2.05) is 0 Å². The number of hydrogen-bond acceptors (Lipinski definition) is 5. The molecule has 142 valence electrons. The van der Waals surface area contributed by atoms with Gasteiger partial charge in [-0.2, -0.15) is 5.10 Å². The summed E-state index contributed by atoms with van der Waals surface area (Å²) in [6.45, 7) is 2.96. The molecular formula is C18H21N5O4. The molecule has 1 aromatic carbocycles. The quantitative estimate of drug-likeness (QED) is 0.656. The number of aromatic nitrogens is 2. The predicted molar refractivity (Wildman–Crippen MR) is 98.7 cm³/mol. The minimum atomic E-state index is -0.493. The number of amides is 2. The van der Waals surface area contributed by atoms with Gasteiger partial charge in [0.2, 0.25) is 0 Å². The fourth-order valence-corrected chi connectivity index (χ4v) is 3.23. The maximum atomic E-state index is 12.8. The number of likely N-dealkylation sites (tertiary alicyclic amines) is 1. The van der Waals surface area contributed by atoms with Crippen LogP contribution in [0.5, 0.6) is 0 Å². The Hall–Kier alpha value is -3.23. The highest BCUT2D eigenvalue weighted by Crippen LogP contribution is 2.22. The van der Waals surface area contributed by atoms with Gasteiger partial charge >= 0.3 is 0 Å². The lowest BCUT2D eigenvalue weighted by molar-refractivity contribution is -0.385. The predicted octanol–water partition coefficient (Wildman–Crippen LogP) is 2.52. The van der Waals surface area contributed by atoms with E-state index in [0.717, 1.165) is 19.3 Å². The number of piperidine rings is 1. The van der Waals surface area contributed by atoms with Crippen molar-refractivity contribution in [2.24, 2.45) is 7.05 Å². The maximum absolute atomic E-state index is 12.8. The monoisotopic (exact) mass is 371 g/mol. The van der Waals surface area contributed by atoms with E-state index in [4.69, 9.17) is 0 Å². The van der Waals surface area contributed by atoms with Crippen molar-refractivity contribution in [2.45, 2.75) is 26.2 Å². The molecule has 27 heavy (non-hydrogen) atoms. The van der Waals surface area contributed by atoms with Crippen molar-refractivity contribution in [3.05, 3.63) is 51.3 Å². The van der Waals surface area contributed by atoms with Crippen molar-refractivity contribution in [1.82, 2.24) is 14.7 Å². The zero-order valence-electron chi connectivity index (χ0n) is 15.3. The minimum absolute atomic E-state index is 0.0473. The number of nitrogens with one attached hydrogen (secondary N) is 1. The molecule has 1 fully saturated rings. The van der Waals surface area contributed by atoms with Crippen LogP contribution in [0, 0.1) is 17.0 Å². The van der Waals surface area contributed by atoms with Crippen molar-refractivity contribution in [2.75, 3.05) is 18.4 Å². The molecular weight excluding hydrogens is 350 g/mol. The molecule has 0 aliphatic carbocycles. The van der Waals surface area contributed by atoms with E-state index in [1.165, 1.54) is 29.1 Å². The summed E-state index contributed by atoms with van der Waals surface area (Å²) in [7, 11) is 1.66. The number of carbonyl (C=O) groups excluding carboxylic acids is 2. The van der Waals surface area contributed by atoms with Gasteiger partial charge in [-0.05, 0) is 38.3 Å². The highest BCUT2D eigenvalue weighted by atomic mass is 16.6. The molecule has 9 heteroatoms. The molecule has 0 unspecified atom stereocenters. The average Bonchev–Trinajstić information content (AvgIpc) is 3.01. The number of nitrogens with zero attached hydrogens (tertiary/aromatic N) is 4. The SMILES string of the molecule is Cc1cc(C(=O)Nc2cnn(C)c2C(=O)N2CCCCC2)ccc1[N+](=O)[O-]. The molecule has 1 aromatic heterocycles. The molecule has 1 N–H and O–H groups in total. The van der Waals surface area contributed by atoms with E-state index in [0.29, 0.717) is 30.0 Å². The summed E-state index contributed by atoms with van der Waals surface area (Å²) < 4.78 is 1.45. The van der Waals surface area contributed by atoms with Gasteiger partial charge in [0.1, 0.15) is 5.69 Å². The molecule has 1 aliphatic heterocycles. The maximum Gasteiger partial charge on any atom is 0.274 e. The first-order valence-corrected chi connectivity index (χ1v) is 8.76. The highest BCUT2D eigenvalue weighted by molar-refractivity contribution is 6.08. The van der Waals surface area contributed by atoms with Gasteiger partial charge < -0.3 is 10.2 Å². The zero-order valence-corrected chi connectivity index (χ0v) is 15.3. The van der Waals surface area contributed by atoms with Crippen LogP contribution in [0.2, 0.25) is 0 Å². The summed E-state index contributed by atoms with van der Waals surface area (Å²) >= 11 is 0. The van der Waals surface area contributed by atoms with Crippen LogP contribution in [0.15, 0.2) is 24.4 Å². The summed E-state index contributed by atoms with van der Waals surface area (Å²) in [5.41, 5.74) is 1.27. The van der Waals surface area contributed by atoms with Crippen LogP contribution in [-0.2, 0) is 7.05 Å². The number of benzene rings is 1. The molecule has 1 aliphatic rings. The summed E-state index contributed by atoms with van der Waals surface area (Å²) in [6, 6.07) is 4.15. The Morgan fingerprint density at radius 3 is 2.56 bits per heavy atom. The summed E-state index contributed by atoms with van der Waals surface area (Å²) in [5.74, 6) is -0.612. The largest absolute Gasteiger partial charge is 0.337 e. The van der Waals surface area contributed by atoms with Gasteiger partial charge in [0.15, 0.2) is 0 Å². The number of nitro benzene ring substituents is 1. The Morgan fingerprint density at radius 2 is 1.93 bits per heavy atom. The molecule has 1 saturated heterocycles. The molecule has 3 rings (SSSR count). The normalized spacial score (nSPS) is 14.1. The first-order valence-electron chi connectivity index (χ1n) is 8.76. The second kappa shape index (κ2) is 7.56. The Morgan fingerprint density at radius 1 is 1.22 bits per heavy atom. The van der Waals surface area contributed by atoms with Crippen molar-refractivity contribution in [3.8, 4) is 0 Å². The highest BCUT2D eigenvalue weighted by Gasteiger charge is 2.25. The molecule has 0 radical (unpaired) electrons. The van der Waals surface area contributed by atoms with E-state index in [-0.39, 0.29) is 17.2 Å². The van der Waals surface area contributed by atoms with E-state index < -0.39 is 10.8 Å². The van der Waals surface area contributed by atoms with Gasteiger partial charge in [0.25, 0.3) is 17.5 Å². The topological polar surface area (TPSA) is 110 Å². The Bertz CT molecular complexity index is 899. The number of hydrogen-bond donors (Lipinski definition) is 1. The van der Waals surface area contributed by atoms with E-state index in [2.05, 4.69) is 10.4 Å². The summed E-state index contributed by atoms with van der Waals surface area (Å²) in [5, 5.41) is 17.7. The fourth-order valence-electron chi connectivity index (χ4n) is 3.23. The summed E-state index contributed by atoms with van der Waals surface area (Å²) in [4.78, 5) is 37.6. The van der Waals surface area contributed by atoms with E-state index in [9.17, 15) is 19.7 Å². The molecule has 0 saturated carbocycles. The number of anilines is 1. The van der Waals surface area contributed by atoms with Crippen LogP contribution < -0.4 is 5.32 Å². The number of carbonyl (C=O) groups is 2. The van der Waals surface area contributed by atoms with Crippen LogP contribution >= 0.6 is 0 Å². The lowest BCUT2D eigenvalue weighted by Crippen LogP contribution is -2.37. The number of rotatable bonds is 4. The molecule has 0 atom stereocenters. The van der Waals surface area contributed by atoms with Crippen molar-refractivity contribution in [3.63, 3.8) is 0 Å². The molecule has 2 heterocycles. The second-order valence-corrected chi connectivity index (χ2v) is 6.60. The molecule has 2 amide bonds. The molecule has 2 aromatic rings. The lowest BCUT2D eigenvalue weighted by atomic mass is 10.1. The summed E-state index contributed by atoms with van der Waals surface area (Å²) in [6.07, 6.45) is 4.48. The fraction of sp³-hybridized carbons (Fsp3) is 0.389. The molecule has 9 nitrogen and oxygen atoms in total. The van der Waals surface area contributed by atoms with Gasteiger partial charge in [-0.3, -0.25) is 24.4 Å². The second-order valence-electron chi connectivity index (χ2n) is 6.60. The smallest absolute Gasteiger partial charge is 0.274 e. The van der Waals surface area contributed by atoms with Crippen LogP contribution in [0.4, 0.5) is 11.4 Å². The van der Waals surface area contributed by atoms with Crippen molar-refractivity contribution < 1.29 is 14.5 Å². The van der Waals surface area contributed by atoms with Gasteiger partial charge in [-0.25, -0.2) is 0 Å². The molecule has 0 spiro atoms. The van der Waals surface area contributed by atoms with Crippen LogP contribution in [0.1, 0.15) is 45.7 Å². The van der Waals surface area contributed by atoms with Crippen LogP contribution in [-0.4, -0.2) is 44.5 Å². The average molecular weight is 371 g/mol. The number of nitro groups is 1. The van der Waals surface area contributed by atoms with Crippen molar-refractivity contribution in [1.29, 1.82) is 0 Å². The third-order valence-corrected chi connectivity index (χ3v) is 4.69. The zero-order chi connectivity index (χ0) is 19.6. The number of aryl methyl sites for hydroxylation is 2. The lowest BCUT2D eigenvalue weighted by Gasteiger charge is -2.27.